The van der Waals surface area contributed by atoms with Gasteiger partial charge in [0, 0.05) is 6.42 Å². The molecule has 156 valence electrons. The maximum Gasteiger partial charge on any atom is 0.416 e. The van der Waals surface area contributed by atoms with Crippen molar-refractivity contribution in [3.8, 4) is 0 Å². The molecular weight excluding hydrogens is 395 g/mol. The molecule has 0 fully saturated rings. The molecule has 1 amide bonds. The van der Waals surface area contributed by atoms with Gasteiger partial charge in [-0.3, -0.25) is 4.79 Å². The van der Waals surface area contributed by atoms with Gasteiger partial charge in [0.05, 0.1) is 19.1 Å². The molecule has 0 aromatic heterocycles. The summed E-state index contributed by atoms with van der Waals surface area (Å²) in [6, 6.07) is 16.9. The minimum absolute atomic E-state index is 0.0287. The van der Waals surface area contributed by atoms with E-state index in [9.17, 15) is 22.8 Å². The van der Waals surface area contributed by atoms with Crippen LogP contribution in [0.2, 0.25) is 0 Å². The van der Waals surface area contributed by atoms with Crippen molar-refractivity contribution in [2.75, 3.05) is 7.11 Å². The van der Waals surface area contributed by atoms with Crippen molar-refractivity contribution in [2.45, 2.75) is 25.1 Å². The number of alkyl halides is 3. The maximum atomic E-state index is 12.9. The van der Waals surface area contributed by atoms with E-state index in [1.54, 1.807) is 0 Å². The highest BCUT2D eigenvalue weighted by molar-refractivity contribution is 5.88. The number of fused-ring (bicyclic) bond motifs is 1. The van der Waals surface area contributed by atoms with Gasteiger partial charge in [0.15, 0.2) is 0 Å². The van der Waals surface area contributed by atoms with Gasteiger partial charge < -0.3 is 10.1 Å². The Hall–Kier alpha value is -3.35. The summed E-state index contributed by atoms with van der Waals surface area (Å²) in [6.45, 7) is 0. The first kappa shape index (κ1) is 21.4. The highest BCUT2D eigenvalue weighted by atomic mass is 19.4. The van der Waals surface area contributed by atoms with Crippen molar-refractivity contribution >= 4 is 22.6 Å². The van der Waals surface area contributed by atoms with Crippen LogP contribution >= 0.6 is 0 Å². The van der Waals surface area contributed by atoms with Crippen LogP contribution in [-0.4, -0.2) is 25.0 Å². The minimum atomic E-state index is -4.49. The second-order valence-electron chi connectivity index (χ2n) is 6.90. The van der Waals surface area contributed by atoms with E-state index < -0.39 is 29.7 Å². The summed E-state index contributed by atoms with van der Waals surface area (Å²) in [7, 11) is 1.16. The molecule has 3 aromatic carbocycles. The molecule has 3 rings (SSSR count). The number of carbonyl (C=O) groups excluding carboxylic acids is 2. The van der Waals surface area contributed by atoms with Crippen LogP contribution in [-0.2, 0) is 33.3 Å². The fourth-order valence-electron chi connectivity index (χ4n) is 3.23. The zero-order valence-electron chi connectivity index (χ0n) is 16.2. The molecule has 0 spiro atoms. The molecule has 0 radical (unpaired) electrons. The number of esters is 1. The van der Waals surface area contributed by atoms with Crippen molar-refractivity contribution in [1.29, 1.82) is 0 Å². The van der Waals surface area contributed by atoms with Crippen molar-refractivity contribution in [3.05, 3.63) is 83.4 Å². The van der Waals surface area contributed by atoms with Gasteiger partial charge in [-0.1, -0.05) is 60.7 Å². The normalized spacial score (nSPS) is 12.4. The van der Waals surface area contributed by atoms with Crippen molar-refractivity contribution in [3.63, 3.8) is 0 Å². The number of methoxy groups -OCH3 is 1. The fraction of sp³-hybridized carbons (Fsp3) is 0.217. The third-order valence-corrected chi connectivity index (χ3v) is 4.69. The van der Waals surface area contributed by atoms with E-state index in [-0.39, 0.29) is 18.4 Å². The summed E-state index contributed by atoms with van der Waals surface area (Å²) in [5, 5.41) is 4.60. The molecule has 4 nitrogen and oxygen atoms in total. The largest absolute Gasteiger partial charge is 0.467 e. The molecule has 1 N–H and O–H groups in total. The number of nitrogens with one attached hydrogen (secondary N) is 1. The Balaban J connectivity index is 1.72. The Labute approximate surface area is 171 Å². The molecule has 0 saturated heterocycles. The third-order valence-electron chi connectivity index (χ3n) is 4.69. The van der Waals surface area contributed by atoms with Gasteiger partial charge in [-0.2, -0.15) is 13.2 Å². The van der Waals surface area contributed by atoms with E-state index in [0.29, 0.717) is 0 Å². The average Bonchev–Trinajstić information content (AvgIpc) is 2.72. The van der Waals surface area contributed by atoms with Gasteiger partial charge in [0.25, 0.3) is 0 Å². The molecular formula is C23H20F3NO3. The lowest BCUT2D eigenvalue weighted by atomic mass is 10.0. The number of rotatable bonds is 6. The fourth-order valence-corrected chi connectivity index (χ4v) is 3.23. The van der Waals surface area contributed by atoms with Crippen LogP contribution in [0.15, 0.2) is 66.7 Å². The number of amides is 1. The van der Waals surface area contributed by atoms with Crippen LogP contribution in [0.5, 0.6) is 0 Å². The van der Waals surface area contributed by atoms with Crippen LogP contribution in [0.1, 0.15) is 16.7 Å². The van der Waals surface area contributed by atoms with E-state index in [1.165, 1.54) is 12.1 Å². The molecule has 0 bridgehead atoms. The Morgan fingerprint density at radius 3 is 2.37 bits per heavy atom. The Morgan fingerprint density at radius 2 is 1.67 bits per heavy atom. The third kappa shape index (κ3) is 5.37. The Bertz CT molecular complexity index is 1060. The average molecular weight is 415 g/mol. The molecule has 30 heavy (non-hydrogen) atoms. The molecule has 0 aliphatic heterocycles. The van der Waals surface area contributed by atoms with E-state index in [4.69, 9.17) is 4.74 Å². The van der Waals surface area contributed by atoms with Crippen LogP contribution < -0.4 is 5.32 Å². The van der Waals surface area contributed by atoms with E-state index in [1.807, 2.05) is 42.5 Å². The number of hydrogen-bond donors (Lipinski definition) is 1. The minimum Gasteiger partial charge on any atom is -0.467 e. The van der Waals surface area contributed by atoms with E-state index in [2.05, 4.69) is 5.32 Å². The van der Waals surface area contributed by atoms with Crippen LogP contribution in [0.25, 0.3) is 10.8 Å². The smallest absolute Gasteiger partial charge is 0.416 e. The number of hydrogen-bond acceptors (Lipinski definition) is 3. The first-order chi connectivity index (χ1) is 14.3. The van der Waals surface area contributed by atoms with Gasteiger partial charge in [-0.15, -0.1) is 0 Å². The standard InChI is InChI=1S/C23H20F3NO3/c1-30-22(29)20(13-15-5-4-8-19(12-15)23(24,25)26)27-21(28)14-16-9-10-17-6-2-3-7-18(17)11-16/h2-12,20H,13-14H2,1H3,(H,27,28)/t20-/m1/s1. The van der Waals surface area contributed by atoms with Crippen LogP contribution in [0.3, 0.4) is 0 Å². The number of halogens is 3. The van der Waals surface area contributed by atoms with Gasteiger partial charge in [-0.25, -0.2) is 4.79 Å². The van der Waals surface area contributed by atoms with Gasteiger partial charge in [0.1, 0.15) is 6.04 Å². The molecule has 0 unspecified atom stereocenters. The summed E-state index contributed by atoms with van der Waals surface area (Å²) >= 11 is 0. The van der Waals surface area contributed by atoms with Crippen molar-refractivity contribution in [1.82, 2.24) is 5.32 Å². The quantitative estimate of drug-likeness (QED) is 0.611. The summed E-state index contributed by atoms with van der Waals surface area (Å²) in [4.78, 5) is 24.6. The zero-order chi connectivity index (χ0) is 21.7. The van der Waals surface area contributed by atoms with Gasteiger partial charge >= 0.3 is 12.1 Å². The lowest BCUT2D eigenvalue weighted by Crippen LogP contribution is -2.43. The predicted octanol–water partition coefficient (Wildman–Crippen LogP) is 4.30. The summed E-state index contributed by atoms with van der Waals surface area (Å²) in [5.41, 5.74) is 0.214. The Kier molecular flexibility index (Phi) is 6.40. The molecule has 0 aliphatic carbocycles. The molecule has 1 atom stereocenters. The molecule has 0 saturated carbocycles. The highest BCUT2D eigenvalue weighted by Crippen LogP contribution is 2.29. The topological polar surface area (TPSA) is 55.4 Å². The highest BCUT2D eigenvalue weighted by Gasteiger charge is 2.31. The van der Waals surface area contributed by atoms with Gasteiger partial charge in [-0.05, 0) is 28.0 Å². The lowest BCUT2D eigenvalue weighted by molar-refractivity contribution is -0.145. The molecule has 3 aromatic rings. The molecule has 0 heterocycles. The number of benzene rings is 3. The predicted molar refractivity (Wildman–Crippen MR) is 107 cm³/mol. The van der Waals surface area contributed by atoms with E-state index in [0.717, 1.165) is 35.6 Å². The van der Waals surface area contributed by atoms with Crippen molar-refractivity contribution in [2.24, 2.45) is 0 Å². The van der Waals surface area contributed by atoms with Crippen LogP contribution in [0, 0.1) is 0 Å². The molecule has 7 heteroatoms. The summed E-state index contributed by atoms with van der Waals surface area (Å²) in [5.74, 6) is -1.15. The first-order valence-corrected chi connectivity index (χ1v) is 9.27. The Morgan fingerprint density at radius 1 is 0.933 bits per heavy atom. The maximum absolute atomic E-state index is 12.9. The summed E-state index contributed by atoms with van der Waals surface area (Å²) in [6.07, 6.45) is -4.57. The first-order valence-electron chi connectivity index (χ1n) is 9.27. The van der Waals surface area contributed by atoms with E-state index >= 15 is 0 Å². The monoisotopic (exact) mass is 415 g/mol. The van der Waals surface area contributed by atoms with Crippen molar-refractivity contribution < 1.29 is 27.5 Å². The number of ether oxygens (including phenoxy) is 1. The van der Waals surface area contributed by atoms with Gasteiger partial charge in [0.2, 0.25) is 5.91 Å². The lowest BCUT2D eigenvalue weighted by Gasteiger charge is -2.17. The van der Waals surface area contributed by atoms with Crippen LogP contribution in [0.4, 0.5) is 13.2 Å². The second-order valence-corrected chi connectivity index (χ2v) is 6.90. The SMILES string of the molecule is COC(=O)[C@@H](Cc1cccc(C(F)(F)F)c1)NC(=O)Cc1ccc2ccccc2c1. The number of carbonyl (C=O) groups is 2. The summed E-state index contributed by atoms with van der Waals surface area (Å²) < 4.78 is 43.5. The zero-order valence-corrected chi connectivity index (χ0v) is 16.2. The second kappa shape index (κ2) is 8.98. The molecule has 0 aliphatic rings.